The molecule has 2 amide bonds. The Morgan fingerprint density at radius 3 is 2.61 bits per heavy atom. The second kappa shape index (κ2) is 9.30. The maximum absolute atomic E-state index is 12.8. The molecule has 0 aliphatic heterocycles. The first-order valence-electron chi connectivity index (χ1n) is 11.2. The molecule has 0 fully saturated rings. The van der Waals surface area contributed by atoms with Crippen molar-refractivity contribution in [3.05, 3.63) is 95.7 Å². The summed E-state index contributed by atoms with van der Waals surface area (Å²) in [4.78, 5) is 25.3. The van der Waals surface area contributed by atoms with Gasteiger partial charge in [-0.1, -0.05) is 29.8 Å². The van der Waals surface area contributed by atoms with Crippen molar-refractivity contribution in [1.82, 2.24) is 15.1 Å². The van der Waals surface area contributed by atoms with Crippen molar-refractivity contribution >= 4 is 34.3 Å². The van der Waals surface area contributed by atoms with Gasteiger partial charge in [0.1, 0.15) is 11.5 Å². The van der Waals surface area contributed by atoms with Gasteiger partial charge in [0, 0.05) is 23.2 Å². The number of fused-ring (bicyclic) bond motifs is 1. The smallest absolute Gasteiger partial charge is 0.347 e. The standard InChI is InChI=1S/C27H23N5O4/c1-16-5-8-19(9-6-16)30-27(35)32-22-10-7-18(14-21(22)25(28)31-32)23-11-12-24(36-23)26(34)29-15-17-3-2-4-20(33)13-17/h2-14,33H,15H2,1H3,(H2,28,31)(H,29,34)(H,30,35). The Hall–Kier alpha value is -5.05. The molecule has 2 heterocycles. The lowest BCUT2D eigenvalue weighted by Crippen LogP contribution is -2.22. The van der Waals surface area contributed by atoms with Crippen molar-refractivity contribution in [3.63, 3.8) is 0 Å². The number of phenols is 1. The number of anilines is 2. The number of nitrogen functional groups attached to an aromatic ring is 1. The van der Waals surface area contributed by atoms with Crippen LogP contribution in [0.3, 0.4) is 0 Å². The number of aromatic nitrogens is 2. The third-order valence-electron chi connectivity index (χ3n) is 5.68. The summed E-state index contributed by atoms with van der Waals surface area (Å²) in [6, 6.07) is 22.2. The molecule has 3 aromatic carbocycles. The molecule has 0 radical (unpaired) electrons. The molecule has 5 rings (SSSR count). The number of carbonyl (C=O) groups excluding carboxylic acids is 2. The summed E-state index contributed by atoms with van der Waals surface area (Å²) in [5.74, 6) is 0.557. The van der Waals surface area contributed by atoms with E-state index in [9.17, 15) is 14.7 Å². The lowest BCUT2D eigenvalue weighted by molar-refractivity contribution is 0.0924. The van der Waals surface area contributed by atoms with Crippen LogP contribution in [0.1, 0.15) is 21.7 Å². The Bertz CT molecular complexity index is 1580. The summed E-state index contributed by atoms with van der Waals surface area (Å²) in [5, 5.41) is 19.9. The van der Waals surface area contributed by atoms with Crippen LogP contribution in [0.2, 0.25) is 0 Å². The zero-order valence-corrected chi connectivity index (χ0v) is 19.4. The highest BCUT2D eigenvalue weighted by molar-refractivity contribution is 6.01. The number of phenolic OH excluding ortho intramolecular Hbond substituents is 1. The largest absolute Gasteiger partial charge is 0.508 e. The van der Waals surface area contributed by atoms with Gasteiger partial charge in [-0.3, -0.25) is 4.79 Å². The number of carbonyl (C=O) groups is 2. The van der Waals surface area contributed by atoms with Crippen molar-refractivity contribution < 1.29 is 19.1 Å². The molecule has 0 spiro atoms. The number of amides is 2. The second-order valence-corrected chi connectivity index (χ2v) is 8.34. The Morgan fingerprint density at radius 1 is 1.03 bits per heavy atom. The summed E-state index contributed by atoms with van der Waals surface area (Å²) >= 11 is 0. The maximum Gasteiger partial charge on any atom is 0.347 e. The van der Waals surface area contributed by atoms with E-state index < -0.39 is 6.03 Å². The first-order valence-corrected chi connectivity index (χ1v) is 11.2. The van der Waals surface area contributed by atoms with E-state index in [4.69, 9.17) is 10.2 Å². The van der Waals surface area contributed by atoms with Gasteiger partial charge in [0.15, 0.2) is 11.6 Å². The van der Waals surface area contributed by atoms with Gasteiger partial charge < -0.3 is 25.9 Å². The molecule has 0 atom stereocenters. The van der Waals surface area contributed by atoms with Crippen LogP contribution in [-0.2, 0) is 6.54 Å². The number of rotatable bonds is 5. The predicted molar refractivity (Wildman–Crippen MR) is 137 cm³/mol. The summed E-state index contributed by atoms with van der Waals surface area (Å²) in [6.07, 6.45) is 0. The molecule has 0 aliphatic carbocycles. The SMILES string of the molecule is Cc1ccc(NC(=O)n2nc(N)c3cc(-c4ccc(C(=O)NCc5cccc(O)c5)o4)ccc32)cc1. The van der Waals surface area contributed by atoms with E-state index in [2.05, 4.69) is 15.7 Å². The van der Waals surface area contributed by atoms with Crippen molar-refractivity contribution in [2.24, 2.45) is 0 Å². The summed E-state index contributed by atoms with van der Waals surface area (Å²) in [7, 11) is 0. The predicted octanol–water partition coefficient (Wildman–Crippen LogP) is 4.90. The molecule has 36 heavy (non-hydrogen) atoms. The van der Waals surface area contributed by atoms with Crippen LogP contribution >= 0.6 is 0 Å². The molecular weight excluding hydrogens is 458 g/mol. The summed E-state index contributed by atoms with van der Waals surface area (Å²) in [5.41, 5.74) is 9.83. The minimum absolute atomic E-state index is 0.132. The van der Waals surface area contributed by atoms with Gasteiger partial charge in [0.2, 0.25) is 0 Å². The fourth-order valence-corrected chi connectivity index (χ4v) is 3.81. The topological polar surface area (TPSA) is 135 Å². The quantitative estimate of drug-likeness (QED) is 0.282. The highest BCUT2D eigenvalue weighted by Gasteiger charge is 2.17. The van der Waals surface area contributed by atoms with Crippen LogP contribution in [0, 0.1) is 6.92 Å². The Kier molecular flexibility index (Phi) is 5.87. The lowest BCUT2D eigenvalue weighted by atomic mass is 10.1. The van der Waals surface area contributed by atoms with E-state index >= 15 is 0 Å². The zero-order chi connectivity index (χ0) is 25.2. The summed E-state index contributed by atoms with van der Waals surface area (Å²) in [6.45, 7) is 2.21. The fraction of sp³-hybridized carbons (Fsp3) is 0.0741. The Morgan fingerprint density at radius 2 is 1.83 bits per heavy atom. The first-order chi connectivity index (χ1) is 17.4. The Labute approximate surface area is 206 Å². The number of furan rings is 1. The highest BCUT2D eigenvalue weighted by atomic mass is 16.3. The van der Waals surface area contributed by atoms with Crippen LogP contribution < -0.4 is 16.4 Å². The molecule has 5 aromatic rings. The Balaban J connectivity index is 1.33. The van der Waals surface area contributed by atoms with E-state index in [1.165, 1.54) is 4.68 Å². The van der Waals surface area contributed by atoms with Gasteiger partial charge in [0.25, 0.3) is 5.91 Å². The zero-order valence-electron chi connectivity index (χ0n) is 19.4. The monoisotopic (exact) mass is 481 g/mol. The van der Waals surface area contributed by atoms with Crippen LogP contribution in [-0.4, -0.2) is 26.8 Å². The minimum atomic E-state index is -0.433. The third kappa shape index (κ3) is 4.62. The van der Waals surface area contributed by atoms with E-state index in [1.807, 2.05) is 31.2 Å². The number of hydrogen-bond donors (Lipinski definition) is 4. The molecule has 2 aromatic heterocycles. The lowest BCUT2D eigenvalue weighted by Gasteiger charge is -2.06. The van der Waals surface area contributed by atoms with Crippen LogP contribution in [0.25, 0.3) is 22.2 Å². The van der Waals surface area contributed by atoms with Gasteiger partial charge in [-0.2, -0.15) is 4.68 Å². The highest BCUT2D eigenvalue weighted by Crippen LogP contribution is 2.29. The number of benzene rings is 3. The van der Waals surface area contributed by atoms with Crippen molar-refractivity contribution in [3.8, 4) is 17.1 Å². The average Bonchev–Trinajstić information content (AvgIpc) is 3.49. The van der Waals surface area contributed by atoms with Gasteiger partial charge in [-0.05, 0) is 67.1 Å². The molecule has 0 saturated carbocycles. The summed E-state index contributed by atoms with van der Waals surface area (Å²) < 4.78 is 6.99. The van der Waals surface area contributed by atoms with Crippen molar-refractivity contribution in [1.29, 1.82) is 0 Å². The molecule has 5 N–H and O–H groups in total. The third-order valence-corrected chi connectivity index (χ3v) is 5.68. The van der Waals surface area contributed by atoms with E-state index in [1.54, 1.807) is 54.6 Å². The van der Waals surface area contributed by atoms with Crippen LogP contribution in [0.5, 0.6) is 5.75 Å². The molecule has 0 saturated heterocycles. The van der Waals surface area contributed by atoms with Gasteiger partial charge >= 0.3 is 6.03 Å². The second-order valence-electron chi connectivity index (χ2n) is 8.34. The van der Waals surface area contributed by atoms with E-state index in [0.29, 0.717) is 27.9 Å². The normalized spacial score (nSPS) is 10.9. The van der Waals surface area contributed by atoms with Gasteiger partial charge in [-0.25, -0.2) is 4.79 Å². The number of aryl methyl sites for hydroxylation is 1. The number of hydrogen-bond acceptors (Lipinski definition) is 6. The number of nitrogens with zero attached hydrogens (tertiary/aromatic N) is 2. The van der Waals surface area contributed by atoms with Crippen molar-refractivity contribution in [2.75, 3.05) is 11.1 Å². The molecule has 9 heteroatoms. The van der Waals surface area contributed by atoms with Crippen molar-refractivity contribution in [2.45, 2.75) is 13.5 Å². The molecular formula is C27H23N5O4. The number of aromatic hydroxyl groups is 1. The molecule has 0 aliphatic rings. The van der Waals surface area contributed by atoms with E-state index in [-0.39, 0.29) is 29.8 Å². The minimum Gasteiger partial charge on any atom is -0.508 e. The molecule has 9 nitrogen and oxygen atoms in total. The number of nitrogens with two attached hydrogens (primary N) is 1. The van der Waals surface area contributed by atoms with E-state index in [0.717, 1.165) is 11.1 Å². The molecule has 180 valence electrons. The molecule has 0 bridgehead atoms. The van der Waals surface area contributed by atoms with Crippen LogP contribution in [0.4, 0.5) is 16.3 Å². The fourth-order valence-electron chi connectivity index (χ4n) is 3.81. The average molecular weight is 482 g/mol. The number of nitrogens with one attached hydrogen (secondary N) is 2. The van der Waals surface area contributed by atoms with Gasteiger partial charge in [0.05, 0.1) is 5.52 Å². The van der Waals surface area contributed by atoms with Gasteiger partial charge in [-0.15, -0.1) is 5.10 Å². The maximum atomic E-state index is 12.8. The molecule has 0 unspecified atom stereocenters. The van der Waals surface area contributed by atoms with Crippen LogP contribution in [0.15, 0.2) is 83.3 Å². The first kappa shape index (κ1) is 22.7.